The molecule has 0 bridgehead atoms. The minimum atomic E-state index is -0.287. The van der Waals surface area contributed by atoms with Crippen molar-refractivity contribution in [1.29, 1.82) is 0 Å². The van der Waals surface area contributed by atoms with Crippen LogP contribution in [-0.2, 0) is 4.79 Å². The van der Waals surface area contributed by atoms with E-state index in [9.17, 15) is 4.79 Å². The van der Waals surface area contributed by atoms with Crippen LogP contribution in [0.1, 0.15) is 20.3 Å². The largest absolute Gasteiger partial charge is 0.412 e. The molecular weight excluding hydrogens is 164 g/mol. The van der Waals surface area contributed by atoms with Gasteiger partial charge in [-0.2, -0.15) is 0 Å². The number of rotatable bonds is 4. The molecule has 0 saturated heterocycles. The number of aldehydes is 1. The van der Waals surface area contributed by atoms with Crippen LogP contribution in [0.2, 0.25) is 1.41 Å². The van der Waals surface area contributed by atoms with Crippen LogP contribution in [0.5, 0.6) is 0 Å². The zero-order valence-corrected chi connectivity index (χ0v) is 7.74. The quantitative estimate of drug-likeness (QED) is 0.280. The number of nitrogens with two attached hydrogens (primary N) is 1. The third-order valence-corrected chi connectivity index (χ3v) is 0.890. The molecule has 0 aliphatic heterocycles. The van der Waals surface area contributed by atoms with Gasteiger partial charge < -0.3 is 22.1 Å². The van der Waals surface area contributed by atoms with Crippen LogP contribution in [0, 0.1) is 5.92 Å². The van der Waals surface area contributed by atoms with Crippen molar-refractivity contribution in [3.8, 4) is 0 Å². The highest BCUT2D eigenvalue weighted by Gasteiger charge is 2.01. The van der Waals surface area contributed by atoms with E-state index < -0.39 is 0 Å². The summed E-state index contributed by atoms with van der Waals surface area (Å²) >= 11 is 0. The normalized spacial score (nSPS) is 10.9. The second kappa shape index (κ2) is 16.8. The van der Waals surface area contributed by atoms with Crippen molar-refractivity contribution in [2.24, 2.45) is 11.6 Å². The second-order valence-corrected chi connectivity index (χ2v) is 2.37. The van der Waals surface area contributed by atoms with Gasteiger partial charge in [0.1, 0.15) is 7.70 Å². The summed E-state index contributed by atoms with van der Waals surface area (Å²) in [5.74, 6) is 0.470. The van der Waals surface area contributed by atoms with E-state index in [0.717, 1.165) is 12.7 Å². The number of carbonyl (C=O) groups excluding carboxylic acids is 1. The molecule has 0 spiro atoms. The van der Waals surface area contributed by atoms with Crippen LogP contribution >= 0.6 is 0 Å². The Labute approximate surface area is 73.7 Å². The number of quaternary nitrogens is 1. The van der Waals surface area contributed by atoms with Crippen molar-refractivity contribution in [3.05, 3.63) is 0 Å². The van der Waals surface area contributed by atoms with Gasteiger partial charge in [0.2, 0.25) is 0 Å². The Morgan fingerprint density at radius 1 is 1.58 bits per heavy atom. The lowest BCUT2D eigenvalue weighted by molar-refractivity contribution is -0.176. The minimum absolute atomic E-state index is 0. The molecule has 6 heteroatoms. The fourth-order valence-corrected chi connectivity index (χ4v) is 0.563. The number of hydrogen-bond donors (Lipinski definition) is 4. The first-order valence-corrected chi connectivity index (χ1v) is 3.03. The van der Waals surface area contributed by atoms with Gasteiger partial charge in [0.25, 0.3) is 0 Å². The van der Waals surface area contributed by atoms with E-state index in [4.69, 9.17) is 11.9 Å². The molecular formula is C6H21N2O4+. The zero-order valence-electron chi connectivity index (χ0n) is 8.74. The zero-order chi connectivity index (χ0) is 9.28. The SMILES string of the molecule is O.OO.[2H]N[C@H](C=O)CC(C)C.[NH4+]. The maximum absolute atomic E-state index is 10.1. The Morgan fingerprint density at radius 2 is 2.00 bits per heavy atom. The highest BCUT2D eigenvalue weighted by molar-refractivity contribution is 5.56. The maximum atomic E-state index is 10.1. The van der Waals surface area contributed by atoms with Gasteiger partial charge in [-0.1, -0.05) is 13.8 Å². The molecule has 0 aliphatic carbocycles. The topological polar surface area (TPSA) is 152 Å². The average Bonchev–Trinajstić information content (AvgIpc) is 2.03. The molecule has 0 heterocycles. The number of hydrogen-bond acceptors (Lipinski definition) is 4. The van der Waals surface area contributed by atoms with E-state index in [1.807, 2.05) is 13.8 Å². The van der Waals surface area contributed by atoms with Crippen LogP contribution in [-0.4, -0.2) is 28.3 Å². The summed E-state index contributed by atoms with van der Waals surface area (Å²) in [6, 6.07) is -0.287. The molecule has 1 atom stereocenters. The van der Waals surface area contributed by atoms with Crippen molar-refractivity contribution < 1.29 is 22.2 Å². The molecule has 12 heavy (non-hydrogen) atoms. The van der Waals surface area contributed by atoms with Crippen LogP contribution < -0.4 is 11.9 Å². The minimum Gasteiger partial charge on any atom is -0.412 e. The number of carbonyl (C=O) groups is 1. The van der Waals surface area contributed by atoms with Gasteiger partial charge in [-0.15, -0.1) is 0 Å². The first kappa shape index (κ1) is 17.5. The summed E-state index contributed by atoms with van der Waals surface area (Å²) in [4.78, 5) is 10.1. The molecule has 0 aromatic rings. The highest BCUT2D eigenvalue weighted by atomic mass is 17.0. The fraction of sp³-hybridized carbons (Fsp3) is 0.833. The lowest BCUT2D eigenvalue weighted by atomic mass is 10.1. The molecule has 0 fully saturated rings. The van der Waals surface area contributed by atoms with Crippen LogP contribution in [0.15, 0.2) is 0 Å². The van der Waals surface area contributed by atoms with Crippen molar-refractivity contribution in [1.82, 2.24) is 6.15 Å². The monoisotopic (exact) mass is 186 g/mol. The highest BCUT2D eigenvalue weighted by Crippen LogP contribution is 1.99. The van der Waals surface area contributed by atoms with Crippen LogP contribution in [0.4, 0.5) is 0 Å². The molecule has 0 radical (unpaired) electrons. The van der Waals surface area contributed by atoms with Gasteiger partial charge in [-0.25, -0.2) is 0 Å². The third kappa shape index (κ3) is 22.7. The van der Waals surface area contributed by atoms with Gasteiger partial charge in [-0.3, -0.25) is 10.5 Å². The Bertz CT molecular complexity index is 94.7. The maximum Gasteiger partial charge on any atom is 0.136 e. The third-order valence-electron chi connectivity index (χ3n) is 0.890. The molecule has 0 aromatic carbocycles. The lowest BCUT2D eigenvalue weighted by Crippen LogP contribution is -2.23. The van der Waals surface area contributed by atoms with Gasteiger partial charge >= 0.3 is 0 Å². The van der Waals surface area contributed by atoms with Crippen LogP contribution in [0.25, 0.3) is 0 Å². The predicted molar refractivity (Wildman–Crippen MR) is 48.4 cm³/mol. The molecule has 0 rings (SSSR count). The van der Waals surface area contributed by atoms with Crippen molar-refractivity contribution >= 4 is 6.29 Å². The fourth-order valence-electron chi connectivity index (χ4n) is 0.563. The summed E-state index contributed by atoms with van der Waals surface area (Å²) in [6.07, 6.45) is 1.51. The first-order valence-electron chi connectivity index (χ1n) is 3.53. The second-order valence-electron chi connectivity index (χ2n) is 2.37. The van der Waals surface area contributed by atoms with E-state index in [1.54, 1.807) is 0 Å². The molecule has 0 saturated carbocycles. The van der Waals surface area contributed by atoms with E-state index in [-0.39, 0.29) is 17.7 Å². The summed E-state index contributed by atoms with van der Waals surface area (Å²) in [7, 11) is 0. The average molecular weight is 186 g/mol. The van der Waals surface area contributed by atoms with Crippen molar-refractivity contribution in [3.63, 3.8) is 0 Å². The van der Waals surface area contributed by atoms with E-state index in [1.165, 1.54) is 0 Å². The Kier molecular flexibility index (Phi) is 24.6. The molecule has 0 unspecified atom stereocenters. The van der Waals surface area contributed by atoms with Gasteiger partial charge in [0.15, 0.2) is 0 Å². The molecule has 0 aliphatic rings. The van der Waals surface area contributed by atoms with Crippen molar-refractivity contribution in [2.45, 2.75) is 26.3 Å². The Morgan fingerprint density at radius 3 is 2.08 bits per heavy atom. The molecule has 0 aromatic heterocycles. The van der Waals surface area contributed by atoms with Gasteiger partial charge in [-0.05, 0) is 12.3 Å². The first-order chi connectivity index (χ1) is 5.20. The molecule has 0 amide bonds. The molecule has 78 valence electrons. The summed E-state index contributed by atoms with van der Waals surface area (Å²) in [5.41, 5.74) is 2.16. The van der Waals surface area contributed by atoms with E-state index >= 15 is 0 Å². The smallest absolute Gasteiger partial charge is 0.136 e. The van der Waals surface area contributed by atoms with Crippen LogP contribution in [0.3, 0.4) is 0 Å². The Hall–Kier alpha value is -0.530. The molecule has 10 N–H and O–H groups in total. The predicted octanol–water partition coefficient (Wildman–Crippen LogP) is 0.128. The Balaban J connectivity index is -0.0000000941. The summed E-state index contributed by atoms with van der Waals surface area (Å²) in [6.45, 7) is 4.04. The summed E-state index contributed by atoms with van der Waals surface area (Å²) < 4.78 is 6.67. The van der Waals surface area contributed by atoms with E-state index in [2.05, 4.69) is 5.73 Å². The van der Waals surface area contributed by atoms with Crippen molar-refractivity contribution in [2.75, 3.05) is 0 Å². The van der Waals surface area contributed by atoms with Gasteiger partial charge in [0, 0.05) is 0 Å². The summed E-state index contributed by atoms with van der Waals surface area (Å²) in [5, 5.41) is 12.0. The molecule has 6 nitrogen and oxygen atoms in total. The lowest BCUT2D eigenvalue weighted by Gasteiger charge is -2.04. The standard InChI is InChI=1S/C6H13NO.H3N.H2O2.H2O/c1-5(2)3-6(7)4-8;;1-2;/h4-6H,3,7H2,1-2H3;1H3;1-2H;1H2/p+1/t6-;;;/m0.../s1/i/hD. The van der Waals surface area contributed by atoms with E-state index in [0.29, 0.717) is 5.92 Å². The van der Waals surface area contributed by atoms with Gasteiger partial charge in [0.05, 0.1) is 6.04 Å².